The second-order valence-corrected chi connectivity index (χ2v) is 6.77. The highest BCUT2D eigenvalue weighted by Gasteiger charge is 2.27. The summed E-state index contributed by atoms with van der Waals surface area (Å²) in [5.41, 5.74) is 1.51. The van der Waals surface area contributed by atoms with E-state index < -0.39 is 5.82 Å². The van der Waals surface area contributed by atoms with Crippen LogP contribution in [0.3, 0.4) is 0 Å². The van der Waals surface area contributed by atoms with E-state index in [0.717, 1.165) is 23.9 Å². The van der Waals surface area contributed by atoms with Gasteiger partial charge in [0.25, 0.3) is 5.91 Å². The average molecular weight is 371 g/mol. The van der Waals surface area contributed by atoms with E-state index in [9.17, 15) is 9.18 Å². The van der Waals surface area contributed by atoms with Crippen molar-refractivity contribution in [3.05, 3.63) is 65.0 Å². The fourth-order valence-corrected chi connectivity index (χ4v) is 3.46. The molecule has 4 rings (SSSR count). The molecule has 0 spiro atoms. The number of amides is 1. The number of nitrogens with zero attached hydrogens (tertiary/aromatic N) is 4. The first-order chi connectivity index (χ1) is 12.6. The maximum atomic E-state index is 13.8. The van der Waals surface area contributed by atoms with Crippen LogP contribution in [0, 0.1) is 5.82 Å². The number of halogens is 2. The summed E-state index contributed by atoms with van der Waals surface area (Å²) in [5, 5.41) is 1.49. The van der Waals surface area contributed by atoms with Crippen LogP contribution >= 0.6 is 11.6 Å². The molecule has 0 aliphatic carbocycles. The van der Waals surface area contributed by atoms with E-state index in [4.69, 9.17) is 11.6 Å². The largest absolute Gasteiger partial charge is 0.337 e. The Hall–Kier alpha value is -2.60. The molecule has 1 saturated heterocycles. The van der Waals surface area contributed by atoms with Crippen molar-refractivity contribution in [2.45, 2.75) is 18.8 Å². The van der Waals surface area contributed by atoms with Crippen LogP contribution in [0.1, 0.15) is 34.9 Å². The van der Waals surface area contributed by atoms with Crippen molar-refractivity contribution in [2.75, 3.05) is 13.1 Å². The molecule has 1 fully saturated rings. The van der Waals surface area contributed by atoms with Gasteiger partial charge in [-0.05, 0) is 43.2 Å². The third-order valence-electron chi connectivity index (χ3n) is 4.69. The molecule has 0 N–H and O–H groups in total. The Labute approximate surface area is 154 Å². The zero-order chi connectivity index (χ0) is 18.1. The molecule has 3 aromatic rings. The second kappa shape index (κ2) is 6.96. The zero-order valence-corrected chi connectivity index (χ0v) is 14.7. The van der Waals surface area contributed by atoms with Crippen LogP contribution in [0.2, 0.25) is 5.02 Å². The van der Waals surface area contributed by atoms with Gasteiger partial charge in [0.05, 0.1) is 5.02 Å². The number of pyridine rings is 3. The smallest absolute Gasteiger partial charge is 0.275 e. The van der Waals surface area contributed by atoms with Crippen molar-refractivity contribution >= 4 is 28.5 Å². The topological polar surface area (TPSA) is 59.0 Å². The zero-order valence-electron chi connectivity index (χ0n) is 13.9. The number of piperidine rings is 1. The average Bonchev–Trinajstić information content (AvgIpc) is 2.67. The lowest BCUT2D eigenvalue weighted by molar-refractivity contribution is 0.0701. The van der Waals surface area contributed by atoms with E-state index in [0.29, 0.717) is 23.8 Å². The van der Waals surface area contributed by atoms with E-state index in [-0.39, 0.29) is 17.5 Å². The molecule has 1 aliphatic heterocycles. The third-order valence-corrected chi connectivity index (χ3v) is 4.90. The lowest BCUT2D eigenvalue weighted by Gasteiger charge is -2.31. The summed E-state index contributed by atoms with van der Waals surface area (Å²) in [5.74, 6) is -0.695. The van der Waals surface area contributed by atoms with E-state index in [1.165, 1.54) is 18.3 Å². The Balaban J connectivity index is 1.47. The number of carbonyl (C=O) groups is 1. The van der Waals surface area contributed by atoms with Crippen LogP contribution in [-0.2, 0) is 0 Å². The Bertz CT molecular complexity index is 973. The summed E-state index contributed by atoms with van der Waals surface area (Å²) in [4.78, 5) is 26.9. The molecule has 26 heavy (non-hydrogen) atoms. The summed E-state index contributed by atoms with van der Waals surface area (Å²) >= 11 is 5.95. The third kappa shape index (κ3) is 3.24. The molecular formula is C19H16ClFN4O. The van der Waals surface area contributed by atoms with Crippen molar-refractivity contribution in [1.82, 2.24) is 19.9 Å². The summed E-state index contributed by atoms with van der Waals surface area (Å²) in [6.07, 6.45) is 4.56. The molecule has 4 heterocycles. The van der Waals surface area contributed by atoms with Crippen LogP contribution in [0.25, 0.3) is 11.0 Å². The van der Waals surface area contributed by atoms with Gasteiger partial charge in [-0.15, -0.1) is 0 Å². The predicted octanol–water partition coefficient (Wildman–Crippen LogP) is 3.84. The molecule has 0 saturated carbocycles. The molecule has 7 heteroatoms. The first-order valence-electron chi connectivity index (χ1n) is 8.44. The number of likely N-dealkylation sites (tertiary alicyclic amines) is 1. The van der Waals surface area contributed by atoms with Gasteiger partial charge in [0.1, 0.15) is 0 Å². The van der Waals surface area contributed by atoms with Gasteiger partial charge in [-0.25, -0.2) is 19.3 Å². The van der Waals surface area contributed by atoms with Gasteiger partial charge in [-0.1, -0.05) is 11.6 Å². The van der Waals surface area contributed by atoms with E-state index in [1.54, 1.807) is 11.1 Å². The Morgan fingerprint density at radius 3 is 2.77 bits per heavy atom. The maximum Gasteiger partial charge on any atom is 0.275 e. The molecule has 132 valence electrons. The van der Waals surface area contributed by atoms with Gasteiger partial charge in [0.15, 0.2) is 17.2 Å². The number of carbonyl (C=O) groups excluding carboxylic acids is 1. The molecule has 0 unspecified atom stereocenters. The van der Waals surface area contributed by atoms with Gasteiger partial charge in [-0.2, -0.15) is 0 Å². The van der Waals surface area contributed by atoms with Crippen LogP contribution < -0.4 is 0 Å². The summed E-state index contributed by atoms with van der Waals surface area (Å²) < 4.78 is 13.8. The van der Waals surface area contributed by atoms with Crippen molar-refractivity contribution < 1.29 is 9.18 Å². The molecule has 3 aromatic heterocycles. The number of rotatable bonds is 2. The minimum Gasteiger partial charge on any atom is -0.337 e. The highest BCUT2D eigenvalue weighted by atomic mass is 35.5. The second-order valence-electron chi connectivity index (χ2n) is 6.34. The predicted molar refractivity (Wildman–Crippen MR) is 96.6 cm³/mol. The van der Waals surface area contributed by atoms with Gasteiger partial charge in [-0.3, -0.25) is 4.79 Å². The molecule has 1 amide bonds. The van der Waals surface area contributed by atoms with E-state index >= 15 is 0 Å². The highest BCUT2D eigenvalue weighted by molar-refractivity contribution is 6.31. The van der Waals surface area contributed by atoms with Crippen molar-refractivity contribution in [1.29, 1.82) is 0 Å². The Morgan fingerprint density at radius 2 is 2.00 bits per heavy atom. The molecule has 1 aliphatic rings. The van der Waals surface area contributed by atoms with Gasteiger partial charge in [0.2, 0.25) is 0 Å². The SMILES string of the molecule is O=C(c1ncccc1F)N1CCC(c2ccc3cc(Cl)cnc3n2)CC1. The number of hydrogen-bond acceptors (Lipinski definition) is 4. The van der Waals surface area contributed by atoms with E-state index in [2.05, 4.69) is 15.0 Å². The molecular weight excluding hydrogens is 355 g/mol. The minimum absolute atomic E-state index is 0.115. The lowest BCUT2D eigenvalue weighted by Crippen LogP contribution is -2.38. The first kappa shape index (κ1) is 16.8. The fourth-order valence-electron chi connectivity index (χ4n) is 3.30. The molecule has 0 radical (unpaired) electrons. The van der Waals surface area contributed by atoms with Crippen molar-refractivity contribution in [3.8, 4) is 0 Å². The Morgan fingerprint density at radius 1 is 1.19 bits per heavy atom. The summed E-state index contributed by atoms with van der Waals surface area (Å²) in [7, 11) is 0. The van der Waals surface area contributed by atoms with Gasteiger partial charge < -0.3 is 4.90 Å². The minimum atomic E-state index is -0.583. The maximum absolute atomic E-state index is 13.8. The van der Waals surface area contributed by atoms with Crippen LogP contribution in [0.5, 0.6) is 0 Å². The van der Waals surface area contributed by atoms with Crippen LogP contribution in [-0.4, -0.2) is 38.8 Å². The van der Waals surface area contributed by atoms with Gasteiger partial charge >= 0.3 is 0 Å². The van der Waals surface area contributed by atoms with Crippen molar-refractivity contribution in [2.24, 2.45) is 0 Å². The Kier molecular flexibility index (Phi) is 4.51. The monoisotopic (exact) mass is 370 g/mol. The fraction of sp³-hybridized carbons (Fsp3) is 0.263. The van der Waals surface area contributed by atoms with Crippen molar-refractivity contribution in [3.63, 3.8) is 0 Å². The summed E-state index contributed by atoms with van der Waals surface area (Å²) in [6, 6.07) is 8.53. The standard InChI is InChI=1S/C19H16ClFN4O/c20-14-10-13-3-4-16(24-18(13)23-11-14)12-5-8-25(9-6-12)19(26)17-15(21)2-1-7-22-17/h1-4,7,10-12H,5-6,8-9H2. The molecule has 0 atom stereocenters. The van der Waals surface area contributed by atoms with Gasteiger partial charge in [0, 0.05) is 42.5 Å². The van der Waals surface area contributed by atoms with E-state index in [1.807, 2.05) is 18.2 Å². The first-order valence-corrected chi connectivity index (χ1v) is 8.81. The number of fused-ring (bicyclic) bond motifs is 1. The van der Waals surface area contributed by atoms with Crippen LogP contribution in [0.15, 0.2) is 42.7 Å². The molecule has 0 aromatic carbocycles. The quantitative estimate of drug-likeness (QED) is 0.687. The normalized spacial score (nSPS) is 15.4. The number of hydrogen-bond donors (Lipinski definition) is 0. The highest BCUT2D eigenvalue weighted by Crippen LogP contribution is 2.29. The lowest BCUT2D eigenvalue weighted by atomic mass is 9.92. The molecule has 5 nitrogen and oxygen atoms in total. The number of aromatic nitrogens is 3. The van der Waals surface area contributed by atoms with Crippen LogP contribution in [0.4, 0.5) is 4.39 Å². The summed E-state index contributed by atoms with van der Waals surface area (Å²) in [6.45, 7) is 1.10. The molecule has 0 bridgehead atoms.